The summed E-state index contributed by atoms with van der Waals surface area (Å²) < 4.78 is 11.9. The molecule has 2 atom stereocenters. The highest BCUT2D eigenvalue weighted by molar-refractivity contribution is 6.35. The predicted octanol–water partition coefficient (Wildman–Crippen LogP) is 2.32. The van der Waals surface area contributed by atoms with E-state index in [9.17, 15) is 9.59 Å². The zero-order valence-electron chi connectivity index (χ0n) is 19.3. The molecule has 0 spiro atoms. The molecule has 4 rings (SSSR count). The predicted molar refractivity (Wildman–Crippen MR) is 126 cm³/mol. The lowest BCUT2D eigenvalue weighted by molar-refractivity contribution is 0.0632. The molecule has 34 heavy (non-hydrogen) atoms. The second-order valence-electron chi connectivity index (χ2n) is 8.31. The molecule has 1 aliphatic heterocycles. The number of carbonyl (C=O) groups is 2. The number of amides is 2. The van der Waals surface area contributed by atoms with Crippen LogP contribution in [0.3, 0.4) is 0 Å². The number of likely N-dealkylation sites (tertiary alicyclic amines) is 1. The number of aromatic nitrogens is 4. The monoisotopic (exact) mass is 486 g/mol. The number of carbonyl (C=O) groups excluding carboxylic acids is 2. The van der Waals surface area contributed by atoms with E-state index in [0.29, 0.717) is 65.9 Å². The Hall–Kier alpha value is -3.24. The highest BCUT2D eigenvalue weighted by atomic mass is 35.5. The first-order chi connectivity index (χ1) is 16.4. The van der Waals surface area contributed by atoms with Crippen LogP contribution in [0.1, 0.15) is 34.2 Å². The Morgan fingerprint density at radius 3 is 2.76 bits per heavy atom. The summed E-state index contributed by atoms with van der Waals surface area (Å²) in [6, 6.07) is 4.88. The van der Waals surface area contributed by atoms with E-state index < -0.39 is 0 Å². The molecule has 0 bridgehead atoms. The summed E-state index contributed by atoms with van der Waals surface area (Å²) in [5, 5.41) is 7.69. The first kappa shape index (κ1) is 23.9. The van der Waals surface area contributed by atoms with Crippen molar-refractivity contribution in [2.45, 2.75) is 19.4 Å². The number of halogens is 1. The van der Waals surface area contributed by atoms with Crippen molar-refractivity contribution < 1.29 is 19.1 Å². The maximum Gasteiger partial charge on any atom is 0.269 e. The van der Waals surface area contributed by atoms with Crippen molar-refractivity contribution in [1.82, 2.24) is 30.0 Å². The van der Waals surface area contributed by atoms with Gasteiger partial charge in [0, 0.05) is 57.3 Å². The molecule has 1 fully saturated rings. The van der Waals surface area contributed by atoms with Gasteiger partial charge in [-0.15, -0.1) is 5.10 Å². The number of nitrogens with zero attached hydrogens (tertiary/aromatic N) is 5. The maximum absolute atomic E-state index is 13.1. The molecule has 11 heteroatoms. The first-order valence-electron chi connectivity index (χ1n) is 11.0. The molecule has 1 saturated heterocycles. The Kier molecular flexibility index (Phi) is 7.28. The molecule has 0 aliphatic carbocycles. The molecule has 2 aromatic heterocycles. The van der Waals surface area contributed by atoms with Crippen LogP contribution in [-0.2, 0) is 11.8 Å². The average Bonchev–Trinajstić information content (AvgIpc) is 3.20. The van der Waals surface area contributed by atoms with E-state index in [0.717, 1.165) is 0 Å². The molecule has 1 aromatic carbocycles. The lowest BCUT2D eigenvalue weighted by Gasteiger charge is -2.37. The normalized spacial score (nSPS) is 18.2. The van der Waals surface area contributed by atoms with Gasteiger partial charge in [-0.3, -0.25) is 24.2 Å². The molecule has 2 amide bonds. The third-order valence-electron chi connectivity index (χ3n) is 5.91. The van der Waals surface area contributed by atoms with E-state index in [1.165, 1.54) is 4.68 Å². The number of aryl methyl sites for hydroxylation is 1. The van der Waals surface area contributed by atoms with Crippen LogP contribution in [0.15, 0.2) is 30.6 Å². The standard InChI is InChI=1S/C23H27ClN6O4/c1-14-13-30(23(32)15-10-16(24)21-18(11-15)25-5-6-26-21)7-4-17(14)27-22(31)19-12-20(28-29(19)2)34-9-8-33-3/h5-6,10-12,14,17H,4,7-9,13H2,1-3H3,(H,27,31)/t14-,17+/m0/s1. The van der Waals surface area contributed by atoms with Gasteiger partial charge in [-0.25, -0.2) is 0 Å². The summed E-state index contributed by atoms with van der Waals surface area (Å²) in [6.45, 7) is 3.84. The third-order valence-corrected chi connectivity index (χ3v) is 6.20. The van der Waals surface area contributed by atoms with Crippen molar-refractivity contribution in [1.29, 1.82) is 0 Å². The fourth-order valence-electron chi connectivity index (χ4n) is 4.08. The van der Waals surface area contributed by atoms with Gasteiger partial charge in [0.2, 0.25) is 5.88 Å². The largest absolute Gasteiger partial charge is 0.474 e. The summed E-state index contributed by atoms with van der Waals surface area (Å²) in [5.74, 6) is 0.0867. The van der Waals surface area contributed by atoms with Crippen molar-refractivity contribution in [2.24, 2.45) is 13.0 Å². The van der Waals surface area contributed by atoms with Crippen LogP contribution in [0, 0.1) is 5.92 Å². The van der Waals surface area contributed by atoms with E-state index >= 15 is 0 Å². The zero-order valence-corrected chi connectivity index (χ0v) is 20.1. The average molecular weight is 487 g/mol. The number of rotatable bonds is 7. The Balaban J connectivity index is 1.38. The molecular formula is C23H27ClN6O4. The minimum absolute atomic E-state index is 0.0584. The molecule has 0 radical (unpaired) electrons. The molecule has 3 aromatic rings. The topological polar surface area (TPSA) is 111 Å². The summed E-state index contributed by atoms with van der Waals surface area (Å²) >= 11 is 6.32. The number of nitrogens with one attached hydrogen (secondary N) is 1. The number of hydrogen-bond donors (Lipinski definition) is 1. The van der Waals surface area contributed by atoms with Crippen molar-refractivity contribution in [3.8, 4) is 5.88 Å². The van der Waals surface area contributed by atoms with Crippen molar-refractivity contribution >= 4 is 34.4 Å². The van der Waals surface area contributed by atoms with E-state index in [2.05, 4.69) is 20.4 Å². The summed E-state index contributed by atoms with van der Waals surface area (Å²) in [6.07, 6.45) is 3.77. The molecule has 0 unspecified atom stereocenters. The number of ether oxygens (including phenoxy) is 2. The van der Waals surface area contributed by atoms with Crippen LogP contribution in [0.2, 0.25) is 5.02 Å². The van der Waals surface area contributed by atoms with Crippen molar-refractivity contribution in [2.75, 3.05) is 33.4 Å². The maximum atomic E-state index is 13.1. The zero-order chi connectivity index (χ0) is 24.2. The van der Waals surface area contributed by atoms with Crippen LogP contribution in [0.5, 0.6) is 5.88 Å². The van der Waals surface area contributed by atoms with Crippen LogP contribution in [0.4, 0.5) is 0 Å². The van der Waals surface area contributed by atoms with Gasteiger partial charge in [-0.1, -0.05) is 18.5 Å². The van der Waals surface area contributed by atoms with Gasteiger partial charge in [-0.05, 0) is 24.5 Å². The second-order valence-corrected chi connectivity index (χ2v) is 8.72. The van der Waals surface area contributed by atoms with Gasteiger partial charge >= 0.3 is 0 Å². The molecule has 1 aliphatic rings. The van der Waals surface area contributed by atoms with Gasteiger partial charge in [-0.2, -0.15) is 0 Å². The molecule has 180 valence electrons. The van der Waals surface area contributed by atoms with Crippen LogP contribution in [0.25, 0.3) is 11.0 Å². The van der Waals surface area contributed by atoms with Gasteiger partial charge in [0.1, 0.15) is 17.8 Å². The quantitative estimate of drug-likeness (QED) is 0.510. The smallest absolute Gasteiger partial charge is 0.269 e. The molecule has 3 heterocycles. The Morgan fingerprint density at radius 2 is 2.00 bits per heavy atom. The second kappa shape index (κ2) is 10.4. The summed E-state index contributed by atoms with van der Waals surface area (Å²) in [7, 11) is 3.29. The minimum Gasteiger partial charge on any atom is -0.474 e. The molecule has 0 saturated carbocycles. The Bertz CT molecular complexity index is 1200. The van der Waals surface area contributed by atoms with Crippen LogP contribution in [-0.4, -0.2) is 75.9 Å². The Morgan fingerprint density at radius 1 is 1.21 bits per heavy atom. The number of fused-ring (bicyclic) bond motifs is 1. The first-order valence-corrected chi connectivity index (χ1v) is 11.4. The highest BCUT2D eigenvalue weighted by Gasteiger charge is 2.31. The van der Waals surface area contributed by atoms with E-state index in [-0.39, 0.29) is 23.8 Å². The lowest BCUT2D eigenvalue weighted by Crippen LogP contribution is -2.51. The third kappa shape index (κ3) is 5.13. The number of methoxy groups -OCH3 is 1. The van der Waals surface area contributed by atoms with E-state index in [4.69, 9.17) is 21.1 Å². The summed E-state index contributed by atoms with van der Waals surface area (Å²) in [4.78, 5) is 36.3. The SMILES string of the molecule is COCCOc1cc(C(=O)N[C@@H]2CCN(C(=O)c3cc(Cl)c4nccnc4c3)C[C@@H]2C)n(C)n1. The molecule has 10 nitrogen and oxygen atoms in total. The molecule has 1 N–H and O–H groups in total. The van der Waals surface area contributed by atoms with Gasteiger partial charge in [0.15, 0.2) is 0 Å². The van der Waals surface area contributed by atoms with Crippen LogP contribution >= 0.6 is 11.6 Å². The number of hydrogen-bond acceptors (Lipinski definition) is 7. The summed E-state index contributed by atoms with van der Waals surface area (Å²) in [5.41, 5.74) is 2.03. The number of piperidine rings is 1. The van der Waals surface area contributed by atoms with Crippen LogP contribution < -0.4 is 10.1 Å². The van der Waals surface area contributed by atoms with Gasteiger partial charge in [0.25, 0.3) is 11.8 Å². The fourth-order valence-corrected chi connectivity index (χ4v) is 4.34. The number of benzene rings is 1. The van der Waals surface area contributed by atoms with Crippen molar-refractivity contribution in [3.05, 3.63) is 46.9 Å². The van der Waals surface area contributed by atoms with E-state index in [1.807, 2.05) is 6.92 Å². The highest BCUT2D eigenvalue weighted by Crippen LogP contribution is 2.25. The van der Waals surface area contributed by atoms with E-state index in [1.54, 1.807) is 49.7 Å². The lowest BCUT2D eigenvalue weighted by atomic mass is 9.93. The Labute approximate surface area is 202 Å². The van der Waals surface area contributed by atoms with Crippen molar-refractivity contribution in [3.63, 3.8) is 0 Å². The molecular weight excluding hydrogens is 460 g/mol. The minimum atomic E-state index is -0.229. The fraction of sp³-hybridized carbons (Fsp3) is 0.435. The van der Waals surface area contributed by atoms with Gasteiger partial charge < -0.3 is 19.7 Å². The van der Waals surface area contributed by atoms with Gasteiger partial charge in [0.05, 0.1) is 17.1 Å².